The number of carbonyl (C=O) groups is 3. The summed E-state index contributed by atoms with van der Waals surface area (Å²) in [6, 6.07) is 4.65. The summed E-state index contributed by atoms with van der Waals surface area (Å²) in [5.74, 6) is -1.64. The summed E-state index contributed by atoms with van der Waals surface area (Å²) in [6.07, 6.45) is 0.0506. The van der Waals surface area contributed by atoms with Crippen LogP contribution in [-0.4, -0.2) is 31.3 Å². The zero-order valence-corrected chi connectivity index (χ0v) is 11.6. The number of amides is 3. The van der Waals surface area contributed by atoms with E-state index in [-0.39, 0.29) is 24.8 Å². The molecular weight excluding hydrogens is 282 g/mol. The minimum Gasteiger partial charge on any atom is -0.369 e. The molecule has 3 amide bonds. The number of primary amides is 1. The lowest BCUT2D eigenvalue weighted by molar-refractivity contribution is -0.123. The number of nitrogens with zero attached hydrogens (tertiary/aromatic N) is 1. The number of nitrogens with one attached hydrogen (secondary N) is 1. The monoisotopic (exact) mass is 295 g/mol. The number of hydrogen-bond donors (Lipinski definition) is 2. The molecule has 1 unspecified atom stereocenters. The van der Waals surface area contributed by atoms with E-state index in [1.165, 1.54) is 18.0 Å². The van der Waals surface area contributed by atoms with Gasteiger partial charge < -0.3 is 16.0 Å². The van der Waals surface area contributed by atoms with Crippen LogP contribution in [0.2, 0.25) is 5.02 Å². The highest BCUT2D eigenvalue weighted by atomic mass is 35.5. The molecule has 20 heavy (non-hydrogen) atoms. The molecule has 0 spiro atoms. The Kier molecular flexibility index (Phi) is 3.94. The van der Waals surface area contributed by atoms with Crippen molar-refractivity contribution >= 4 is 35.0 Å². The van der Waals surface area contributed by atoms with Crippen LogP contribution < -0.4 is 16.0 Å². The normalized spacial score (nSPS) is 18.2. The summed E-state index contributed by atoms with van der Waals surface area (Å²) in [5, 5.41) is 2.91. The molecule has 0 radical (unpaired) electrons. The van der Waals surface area contributed by atoms with Gasteiger partial charge in [-0.2, -0.15) is 0 Å². The molecule has 0 aliphatic carbocycles. The largest absolute Gasteiger partial charge is 0.369 e. The molecule has 3 N–H and O–H groups in total. The van der Waals surface area contributed by atoms with Crippen LogP contribution in [0.4, 0.5) is 5.69 Å². The minimum atomic E-state index is -0.543. The predicted molar refractivity (Wildman–Crippen MR) is 74.5 cm³/mol. The van der Waals surface area contributed by atoms with Gasteiger partial charge in [0, 0.05) is 25.0 Å². The molecule has 1 saturated heterocycles. The van der Waals surface area contributed by atoms with Gasteiger partial charge in [-0.3, -0.25) is 14.4 Å². The summed E-state index contributed by atoms with van der Waals surface area (Å²) in [6.45, 7) is 0.165. The first-order valence-electron chi connectivity index (χ1n) is 6.05. The Morgan fingerprint density at radius 1 is 1.45 bits per heavy atom. The maximum absolute atomic E-state index is 12.0. The maximum Gasteiger partial charge on any atom is 0.253 e. The molecule has 1 aromatic carbocycles. The molecule has 0 bridgehead atoms. The summed E-state index contributed by atoms with van der Waals surface area (Å²) in [5.41, 5.74) is 5.95. The Balaban J connectivity index is 2.42. The zero-order valence-electron chi connectivity index (χ0n) is 10.9. The van der Waals surface area contributed by atoms with Crippen molar-refractivity contribution in [3.63, 3.8) is 0 Å². The average Bonchev–Trinajstić information content (AvgIpc) is 2.80. The van der Waals surface area contributed by atoms with Crippen LogP contribution in [0.25, 0.3) is 0 Å². The van der Waals surface area contributed by atoms with Crippen LogP contribution in [0.15, 0.2) is 18.2 Å². The lowest BCUT2D eigenvalue weighted by atomic mass is 10.1. The standard InChI is InChI=1S/C13H14ClN3O3/c1-16-13(20)9-3-2-8(14)5-10(9)17-6-7(12(15)19)4-11(17)18/h2-3,5,7H,4,6H2,1H3,(H2,15,19)(H,16,20). The van der Waals surface area contributed by atoms with Crippen LogP contribution in [0.5, 0.6) is 0 Å². The fraction of sp³-hybridized carbons (Fsp3) is 0.308. The lowest BCUT2D eigenvalue weighted by Gasteiger charge is -2.19. The molecule has 0 aromatic heterocycles. The van der Waals surface area contributed by atoms with Gasteiger partial charge in [-0.15, -0.1) is 0 Å². The van der Waals surface area contributed by atoms with E-state index in [1.54, 1.807) is 12.1 Å². The molecular formula is C13H14ClN3O3. The lowest BCUT2D eigenvalue weighted by Crippen LogP contribution is -2.30. The van der Waals surface area contributed by atoms with Gasteiger partial charge in [0.15, 0.2) is 0 Å². The second-order valence-corrected chi connectivity index (χ2v) is 4.98. The van der Waals surface area contributed by atoms with Gasteiger partial charge in [0.2, 0.25) is 11.8 Å². The molecule has 7 heteroatoms. The molecule has 1 heterocycles. The predicted octanol–water partition coefficient (Wildman–Crippen LogP) is 0.538. The van der Waals surface area contributed by atoms with E-state index >= 15 is 0 Å². The van der Waals surface area contributed by atoms with Crippen LogP contribution >= 0.6 is 11.6 Å². The zero-order chi connectivity index (χ0) is 14.9. The third-order valence-corrected chi connectivity index (χ3v) is 3.48. The van der Waals surface area contributed by atoms with Crippen molar-refractivity contribution in [3.8, 4) is 0 Å². The van der Waals surface area contributed by atoms with Gasteiger partial charge in [0.05, 0.1) is 17.2 Å². The third-order valence-electron chi connectivity index (χ3n) is 3.25. The van der Waals surface area contributed by atoms with Gasteiger partial charge in [-0.1, -0.05) is 11.6 Å². The van der Waals surface area contributed by atoms with E-state index in [2.05, 4.69) is 5.32 Å². The number of hydrogen-bond acceptors (Lipinski definition) is 3. The van der Waals surface area contributed by atoms with Crippen LogP contribution in [-0.2, 0) is 9.59 Å². The molecule has 106 valence electrons. The smallest absolute Gasteiger partial charge is 0.253 e. The van der Waals surface area contributed by atoms with E-state index < -0.39 is 11.8 Å². The first-order chi connectivity index (χ1) is 9.43. The number of halogens is 1. The van der Waals surface area contributed by atoms with Gasteiger partial charge >= 0.3 is 0 Å². The van der Waals surface area contributed by atoms with Crippen LogP contribution in [0, 0.1) is 5.92 Å². The van der Waals surface area contributed by atoms with Gasteiger partial charge in [0.1, 0.15) is 0 Å². The molecule has 2 rings (SSSR count). The summed E-state index contributed by atoms with van der Waals surface area (Å²) < 4.78 is 0. The molecule has 6 nitrogen and oxygen atoms in total. The second kappa shape index (κ2) is 5.50. The quantitative estimate of drug-likeness (QED) is 0.852. The van der Waals surface area contributed by atoms with Crippen LogP contribution in [0.3, 0.4) is 0 Å². The highest BCUT2D eigenvalue weighted by Crippen LogP contribution is 2.30. The fourth-order valence-corrected chi connectivity index (χ4v) is 2.35. The van der Waals surface area contributed by atoms with Crippen LogP contribution in [0.1, 0.15) is 16.8 Å². The number of anilines is 1. The Morgan fingerprint density at radius 2 is 2.15 bits per heavy atom. The topological polar surface area (TPSA) is 92.5 Å². The highest BCUT2D eigenvalue weighted by Gasteiger charge is 2.35. The number of rotatable bonds is 3. The molecule has 0 saturated carbocycles. The first-order valence-corrected chi connectivity index (χ1v) is 6.43. The van der Waals surface area contributed by atoms with Crippen molar-refractivity contribution in [2.75, 3.05) is 18.5 Å². The molecule has 1 aromatic rings. The number of carbonyl (C=O) groups excluding carboxylic acids is 3. The average molecular weight is 296 g/mol. The van der Waals surface area contributed by atoms with E-state index in [0.717, 1.165) is 0 Å². The Hall–Kier alpha value is -2.08. The maximum atomic E-state index is 12.0. The van der Waals surface area contributed by atoms with Gasteiger partial charge in [0.25, 0.3) is 5.91 Å². The first kappa shape index (κ1) is 14.3. The number of benzene rings is 1. The summed E-state index contributed by atoms with van der Waals surface area (Å²) in [4.78, 5) is 36.4. The van der Waals surface area contributed by atoms with E-state index in [0.29, 0.717) is 16.3 Å². The summed E-state index contributed by atoms with van der Waals surface area (Å²) >= 11 is 5.93. The van der Waals surface area contributed by atoms with E-state index in [1.807, 2.05) is 0 Å². The van der Waals surface area contributed by atoms with Crippen molar-refractivity contribution in [2.45, 2.75) is 6.42 Å². The van der Waals surface area contributed by atoms with Crippen molar-refractivity contribution in [1.29, 1.82) is 0 Å². The van der Waals surface area contributed by atoms with Crippen molar-refractivity contribution < 1.29 is 14.4 Å². The summed E-state index contributed by atoms with van der Waals surface area (Å²) in [7, 11) is 1.50. The van der Waals surface area contributed by atoms with Crippen molar-refractivity contribution in [1.82, 2.24) is 5.32 Å². The molecule has 1 atom stereocenters. The Morgan fingerprint density at radius 3 is 2.70 bits per heavy atom. The van der Waals surface area contributed by atoms with E-state index in [9.17, 15) is 14.4 Å². The van der Waals surface area contributed by atoms with Gasteiger partial charge in [-0.25, -0.2) is 0 Å². The third kappa shape index (κ3) is 2.60. The highest BCUT2D eigenvalue weighted by molar-refractivity contribution is 6.31. The minimum absolute atomic E-state index is 0.0506. The SMILES string of the molecule is CNC(=O)c1ccc(Cl)cc1N1CC(C(N)=O)CC1=O. The fourth-order valence-electron chi connectivity index (χ4n) is 2.19. The number of nitrogens with two attached hydrogens (primary N) is 1. The molecule has 1 aliphatic heterocycles. The van der Waals surface area contributed by atoms with E-state index in [4.69, 9.17) is 17.3 Å². The van der Waals surface area contributed by atoms with Crippen molar-refractivity contribution in [3.05, 3.63) is 28.8 Å². The van der Waals surface area contributed by atoms with Gasteiger partial charge in [-0.05, 0) is 18.2 Å². The molecule has 1 fully saturated rings. The second-order valence-electron chi connectivity index (χ2n) is 4.55. The Bertz CT molecular complexity index is 588. The van der Waals surface area contributed by atoms with Crippen molar-refractivity contribution in [2.24, 2.45) is 11.7 Å². The Labute approximate surface area is 120 Å². The molecule has 1 aliphatic rings.